The Kier molecular flexibility index (Phi) is 8.76. The lowest BCUT2D eigenvalue weighted by atomic mass is 9.99. The summed E-state index contributed by atoms with van der Waals surface area (Å²) < 4.78 is 48.3. The number of ether oxygens (including phenoxy) is 1. The molecular weight excluding hydrogens is 545 g/mol. The van der Waals surface area contributed by atoms with Crippen LogP contribution in [0, 0.1) is 11.7 Å². The van der Waals surface area contributed by atoms with Crippen LogP contribution in [0.4, 0.5) is 10.1 Å². The predicted molar refractivity (Wildman–Crippen MR) is 140 cm³/mol. The molecule has 0 bridgehead atoms. The number of aliphatic hydroxyl groups is 1. The first-order valence-electron chi connectivity index (χ1n) is 12.4. The maximum Gasteiger partial charge on any atom is 0.258 e. The fourth-order valence-corrected chi connectivity index (χ4v) is 5.44. The number of carbonyl (C=O) groups excluding carboxylic acids is 2. The monoisotopic (exact) mass is 575 g/mol. The smallest absolute Gasteiger partial charge is 0.258 e. The van der Waals surface area contributed by atoms with Crippen LogP contribution in [-0.2, 0) is 21.4 Å². The average molecular weight is 576 g/mol. The number of halogens is 1. The molecule has 0 unspecified atom stereocenters. The number of nitrogens with zero attached hydrogens (tertiary/aromatic N) is 6. The topological polar surface area (TPSA) is 160 Å². The summed E-state index contributed by atoms with van der Waals surface area (Å²) in [4.78, 5) is 27.5. The molecule has 4 rings (SSSR count). The molecule has 0 spiro atoms. The second-order valence-corrected chi connectivity index (χ2v) is 11.7. The van der Waals surface area contributed by atoms with Crippen molar-refractivity contribution in [2.24, 2.45) is 5.92 Å². The molecule has 0 radical (unpaired) electrons. The zero-order chi connectivity index (χ0) is 29.0. The number of anilines is 1. The minimum atomic E-state index is -3.96. The third kappa shape index (κ3) is 6.43. The van der Waals surface area contributed by atoms with E-state index in [4.69, 9.17) is 4.74 Å². The maximum absolute atomic E-state index is 13.6. The summed E-state index contributed by atoms with van der Waals surface area (Å²) in [6.07, 6.45) is 0.598. The van der Waals surface area contributed by atoms with E-state index in [2.05, 4.69) is 20.8 Å². The Morgan fingerprint density at radius 3 is 2.65 bits per heavy atom. The number of aliphatic hydroxyl groups excluding tert-OH is 1. The summed E-state index contributed by atoms with van der Waals surface area (Å²) in [5, 5.41) is 23.1. The van der Waals surface area contributed by atoms with Crippen molar-refractivity contribution in [1.82, 2.24) is 29.4 Å². The Balaban J connectivity index is 1.62. The number of hydrogen-bond donors (Lipinski definition) is 2. The third-order valence-electron chi connectivity index (χ3n) is 6.60. The Morgan fingerprint density at radius 2 is 2.00 bits per heavy atom. The zero-order valence-electron chi connectivity index (χ0n) is 22.1. The van der Waals surface area contributed by atoms with Gasteiger partial charge in [0.25, 0.3) is 5.91 Å². The average Bonchev–Trinajstić information content (AvgIpc) is 3.43. The summed E-state index contributed by atoms with van der Waals surface area (Å²) in [7, 11) is -2.56. The minimum Gasteiger partial charge on any atom is -0.488 e. The van der Waals surface area contributed by atoms with Crippen molar-refractivity contribution in [3.8, 4) is 5.75 Å². The van der Waals surface area contributed by atoms with Crippen LogP contribution in [0.1, 0.15) is 24.2 Å². The number of carbonyl (C=O) groups is 2. The molecule has 214 valence electrons. The molecule has 13 nitrogen and oxygen atoms in total. The van der Waals surface area contributed by atoms with E-state index < -0.39 is 39.8 Å². The second kappa shape index (κ2) is 12.1. The highest BCUT2D eigenvalue weighted by Crippen LogP contribution is 2.31. The lowest BCUT2D eigenvalue weighted by Crippen LogP contribution is -2.50. The van der Waals surface area contributed by atoms with Crippen molar-refractivity contribution < 1.29 is 32.2 Å². The van der Waals surface area contributed by atoms with Gasteiger partial charge in [0, 0.05) is 25.2 Å². The van der Waals surface area contributed by atoms with Gasteiger partial charge in [-0.25, -0.2) is 17.5 Å². The minimum absolute atomic E-state index is 0.0666. The van der Waals surface area contributed by atoms with E-state index in [9.17, 15) is 27.5 Å². The molecule has 1 aliphatic heterocycles. The molecule has 2 heterocycles. The van der Waals surface area contributed by atoms with Crippen LogP contribution in [0.2, 0.25) is 0 Å². The number of sulfonamides is 1. The maximum atomic E-state index is 13.6. The number of tetrazole rings is 1. The standard InChI is InChI=1S/C25H30FN7O6S/c1-16-11-33(17(2)14-34)25(36)21-10-19(28-24(35)13-32-15-27-29-30-32)6-9-22(21)39-23(16)12-31(3)40(37,38)20-7-4-18(26)5-8-20/h4-10,15-17,23,34H,11-14H2,1-3H3,(H,28,35)/t16-,17+,23-/m1/s1. The Morgan fingerprint density at radius 1 is 1.27 bits per heavy atom. The molecule has 3 atom stereocenters. The molecule has 15 heteroatoms. The van der Waals surface area contributed by atoms with E-state index in [0.717, 1.165) is 16.4 Å². The van der Waals surface area contributed by atoms with Crippen molar-refractivity contribution >= 4 is 27.5 Å². The van der Waals surface area contributed by atoms with Crippen LogP contribution in [-0.4, -0.2) is 93.6 Å². The molecule has 1 aromatic heterocycles. The zero-order valence-corrected chi connectivity index (χ0v) is 23.0. The summed E-state index contributed by atoms with van der Waals surface area (Å²) in [6.45, 7) is 3.19. The SMILES string of the molecule is C[C@@H]1CN([C@@H](C)CO)C(=O)c2cc(NC(=O)Cn3cnnn3)ccc2O[C@@H]1CN(C)S(=O)(=O)c1ccc(F)cc1. The van der Waals surface area contributed by atoms with E-state index in [1.54, 1.807) is 13.0 Å². The van der Waals surface area contributed by atoms with Crippen LogP contribution in [0.3, 0.4) is 0 Å². The number of nitrogens with one attached hydrogen (secondary N) is 1. The highest BCUT2D eigenvalue weighted by atomic mass is 32.2. The molecule has 40 heavy (non-hydrogen) atoms. The molecule has 2 amide bonds. The number of aromatic nitrogens is 4. The van der Waals surface area contributed by atoms with E-state index in [1.807, 2.05) is 6.92 Å². The van der Waals surface area contributed by atoms with Crippen molar-refractivity contribution in [1.29, 1.82) is 0 Å². The number of amides is 2. The number of likely N-dealkylation sites (N-methyl/N-ethyl adjacent to an activating group) is 1. The van der Waals surface area contributed by atoms with Gasteiger partial charge >= 0.3 is 0 Å². The number of hydrogen-bond acceptors (Lipinski definition) is 9. The van der Waals surface area contributed by atoms with Gasteiger partial charge in [0.1, 0.15) is 30.5 Å². The van der Waals surface area contributed by atoms with Gasteiger partial charge in [-0.15, -0.1) is 5.10 Å². The van der Waals surface area contributed by atoms with Gasteiger partial charge in [0.05, 0.1) is 29.7 Å². The van der Waals surface area contributed by atoms with Crippen LogP contribution < -0.4 is 10.1 Å². The normalized spacial score (nSPS) is 18.4. The van der Waals surface area contributed by atoms with Crippen molar-refractivity contribution in [3.05, 3.63) is 60.2 Å². The lowest BCUT2D eigenvalue weighted by molar-refractivity contribution is -0.116. The highest BCUT2D eigenvalue weighted by molar-refractivity contribution is 7.89. The van der Waals surface area contributed by atoms with Crippen LogP contribution >= 0.6 is 0 Å². The fraction of sp³-hybridized carbons (Fsp3) is 0.400. The first kappa shape index (κ1) is 29.0. The van der Waals surface area contributed by atoms with Gasteiger partial charge < -0.3 is 20.1 Å². The largest absolute Gasteiger partial charge is 0.488 e. The Bertz CT molecular complexity index is 1450. The van der Waals surface area contributed by atoms with Gasteiger partial charge in [0.2, 0.25) is 15.9 Å². The lowest BCUT2D eigenvalue weighted by Gasteiger charge is -2.38. The van der Waals surface area contributed by atoms with Gasteiger partial charge in [-0.2, -0.15) is 4.31 Å². The second-order valence-electron chi connectivity index (χ2n) is 9.63. The quantitative estimate of drug-likeness (QED) is 0.379. The summed E-state index contributed by atoms with van der Waals surface area (Å²) >= 11 is 0. The van der Waals surface area contributed by atoms with Gasteiger partial charge in [-0.3, -0.25) is 9.59 Å². The van der Waals surface area contributed by atoms with Gasteiger partial charge in [0.15, 0.2) is 0 Å². The Hall–Kier alpha value is -3.95. The Labute approximate surface area is 230 Å². The molecule has 0 fully saturated rings. The molecule has 2 aromatic carbocycles. The van der Waals surface area contributed by atoms with Crippen LogP contribution in [0.15, 0.2) is 53.7 Å². The molecular formula is C25H30FN7O6S. The summed E-state index contributed by atoms with van der Waals surface area (Å²) in [5.41, 5.74) is 0.466. The molecule has 3 aromatic rings. The van der Waals surface area contributed by atoms with Crippen LogP contribution in [0.25, 0.3) is 0 Å². The number of fused-ring (bicyclic) bond motifs is 1. The van der Waals surface area contributed by atoms with Crippen molar-refractivity contribution in [2.75, 3.05) is 32.1 Å². The first-order valence-corrected chi connectivity index (χ1v) is 13.9. The van der Waals surface area contributed by atoms with E-state index in [-0.39, 0.29) is 48.4 Å². The highest BCUT2D eigenvalue weighted by Gasteiger charge is 2.35. The fourth-order valence-electron chi connectivity index (χ4n) is 4.26. The van der Waals surface area contributed by atoms with Gasteiger partial charge in [-0.05, 0) is 59.8 Å². The molecule has 0 saturated carbocycles. The molecule has 0 aliphatic carbocycles. The predicted octanol–water partition coefficient (Wildman–Crippen LogP) is 0.992. The van der Waals surface area contributed by atoms with Crippen molar-refractivity contribution in [3.63, 3.8) is 0 Å². The number of benzene rings is 2. The van der Waals surface area contributed by atoms with Crippen molar-refractivity contribution in [2.45, 2.75) is 37.4 Å². The van der Waals surface area contributed by atoms with E-state index in [0.29, 0.717) is 5.69 Å². The first-order chi connectivity index (χ1) is 19.0. The van der Waals surface area contributed by atoms with E-state index >= 15 is 0 Å². The molecule has 0 saturated heterocycles. The summed E-state index contributed by atoms with van der Waals surface area (Å²) in [6, 6.07) is 8.55. The van der Waals surface area contributed by atoms with Gasteiger partial charge in [-0.1, -0.05) is 6.92 Å². The number of rotatable bonds is 9. The van der Waals surface area contributed by atoms with E-state index in [1.165, 1.54) is 47.2 Å². The summed E-state index contributed by atoms with van der Waals surface area (Å²) in [5.74, 6) is -1.53. The van der Waals surface area contributed by atoms with Crippen LogP contribution in [0.5, 0.6) is 5.75 Å². The molecule has 1 aliphatic rings. The molecule has 2 N–H and O–H groups in total. The third-order valence-corrected chi connectivity index (χ3v) is 8.44.